The van der Waals surface area contributed by atoms with E-state index in [9.17, 15) is 19.5 Å². The molecule has 2 aromatic rings. The fraction of sp³-hybridized carbons (Fsp3) is 0.250. The Kier molecular flexibility index (Phi) is 6.49. The number of hydrogen-bond acceptors (Lipinski definition) is 5. The molecule has 0 spiro atoms. The van der Waals surface area contributed by atoms with Gasteiger partial charge in [-0.3, -0.25) is 14.4 Å². The molecule has 0 fully saturated rings. The highest BCUT2D eigenvalue weighted by molar-refractivity contribution is 6.10. The lowest BCUT2D eigenvalue weighted by atomic mass is 9.88. The summed E-state index contributed by atoms with van der Waals surface area (Å²) in [4.78, 5) is 36.4. The van der Waals surface area contributed by atoms with E-state index in [1.165, 1.54) is 7.11 Å². The van der Waals surface area contributed by atoms with Gasteiger partial charge in [-0.15, -0.1) is 0 Å². The van der Waals surface area contributed by atoms with E-state index in [-0.39, 0.29) is 29.9 Å². The maximum atomic E-state index is 12.9. The molecule has 0 aromatic heterocycles. The van der Waals surface area contributed by atoms with E-state index in [4.69, 9.17) is 9.47 Å². The van der Waals surface area contributed by atoms with E-state index in [1.54, 1.807) is 55.5 Å². The molecule has 6 nitrogen and oxygen atoms in total. The van der Waals surface area contributed by atoms with Gasteiger partial charge in [0.15, 0.2) is 5.78 Å². The Morgan fingerprint density at radius 3 is 2.46 bits per heavy atom. The largest absolute Gasteiger partial charge is 0.497 e. The maximum absolute atomic E-state index is 12.9. The molecule has 2 rings (SSSR count). The lowest BCUT2D eigenvalue weighted by Crippen LogP contribution is -2.20. The predicted molar refractivity (Wildman–Crippen MR) is 94.5 cm³/mol. The molecule has 0 aliphatic carbocycles. The molecule has 1 atom stereocenters. The van der Waals surface area contributed by atoms with E-state index in [2.05, 4.69) is 0 Å². The molecule has 0 bridgehead atoms. The van der Waals surface area contributed by atoms with Gasteiger partial charge in [0, 0.05) is 11.1 Å². The van der Waals surface area contributed by atoms with Crippen LogP contribution in [0.3, 0.4) is 0 Å². The SMILES string of the molecule is CCOC(=O)CC(C(=O)O)c1ccccc1C(=O)c1cccc(OC)c1. The minimum absolute atomic E-state index is 0.162. The summed E-state index contributed by atoms with van der Waals surface area (Å²) in [5, 5.41) is 9.56. The van der Waals surface area contributed by atoms with Crippen LogP contribution in [-0.2, 0) is 14.3 Å². The van der Waals surface area contributed by atoms with Gasteiger partial charge in [0.2, 0.25) is 0 Å². The molecule has 0 aliphatic rings. The molecule has 0 aliphatic heterocycles. The van der Waals surface area contributed by atoms with Crippen molar-refractivity contribution in [1.82, 2.24) is 0 Å². The van der Waals surface area contributed by atoms with Crippen molar-refractivity contribution in [3.05, 3.63) is 65.2 Å². The van der Waals surface area contributed by atoms with Gasteiger partial charge in [0.1, 0.15) is 5.75 Å². The van der Waals surface area contributed by atoms with Crippen molar-refractivity contribution >= 4 is 17.7 Å². The summed E-state index contributed by atoms with van der Waals surface area (Å²) in [7, 11) is 1.50. The highest BCUT2D eigenvalue weighted by Crippen LogP contribution is 2.27. The number of ether oxygens (including phenoxy) is 2. The highest BCUT2D eigenvalue weighted by atomic mass is 16.5. The number of benzene rings is 2. The monoisotopic (exact) mass is 356 g/mol. The van der Waals surface area contributed by atoms with E-state index < -0.39 is 17.9 Å². The van der Waals surface area contributed by atoms with Gasteiger partial charge in [0.25, 0.3) is 0 Å². The number of aliphatic carboxylic acids is 1. The van der Waals surface area contributed by atoms with Gasteiger partial charge in [-0.2, -0.15) is 0 Å². The third-order valence-electron chi connectivity index (χ3n) is 3.89. The summed E-state index contributed by atoms with van der Waals surface area (Å²) in [5.74, 6) is -2.79. The van der Waals surface area contributed by atoms with Crippen molar-refractivity contribution in [1.29, 1.82) is 0 Å². The Balaban J connectivity index is 2.43. The Labute approximate surface area is 151 Å². The van der Waals surface area contributed by atoms with Crippen molar-refractivity contribution < 1.29 is 29.0 Å². The summed E-state index contributed by atoms with van der Waals surface area (Å²) in [6, 6.07) is 13.0. The van der Waals surface area contributed by atoms with Crippen molar-refractivity contribution in [2.45, 2.75) is 19.3 Å². The minimum atomic E-state index is -1.19. The van der Waals surface area contributed by atoms with E-state index >= 15 is 0 Å². The number of carboxylic acids is 1. The molecule has 0 heterocycles. The molecule has 0 saturated heterocycles. The average Bonchev–Trinajstić information content (AvgIpc) is 2.65. The standard InChI is InChI=1S/C20H20O6/c1-3-26-18(21)12-17(20(23)24)15-9-4-5-10-16(15)19(22)13-7-6-8-14(11-13)25-2/h4-11,17H,3,12H2,1-2H3,(H,23,24). The van der Waals surface area contributed by atoms with Crippen LogP contribution in [0.5, 0.6) is 5.75 Å². The average molecular weight is 356 g/mol. The first-order valence-corrected chi connectivity index (χ1v) is 8.14. The summed E-state index contributed by atoms with van der Waals surface area (Å²) < 4.78 is 9.98. The van der Waals surface area contributed by atoms with Gasteiger partial charge in [-0.25, -0.2) is 0 Å². The van der Waals surface area contributed by atoms with Crippen molar-refractivity contribution in [3.63, 3.8) is 0 Å². The van der Waals surface area contributed by atoms with Crippen molar-refractivity contribution in [2.24, 2.45) is 0 Å². The van der Waals surface area contributed by atoms with Crippen LogP contribution in [-0.4, -0.2) is 36.5 Å². The van der Waals surface area contributed by atoms with Gasteiger partial charge in [-0.1, -0.05) is 36.4 Å². The van der Waals surface area contributed by atoms with Crippen LogP contribution in [0, 0.1) is 0 Å². The van der Waals surface area contributed by atoms with Crippen LogP contribution in [0.1, 0.15) is 40.7 Å². The molecule has 6 heteroatoms. The Bertz CT molecular complexity index is 811. The number of carboxylic acid groups (broad SMARTS) is 1. The number of carbonyl (C=O) groups is 3. The fourth-order valence-electron chi connectivity index (χ4n) is 2.64. The number of methoxy groups -OCH3 is 1. The zero-order valence-corrected chi connectivity index (χ0v) is 14.6. The zero-order valence-electron chi connectivity index (χ0n) is 14.6. The summed E-state index contributed by atoms with van der Waals surface area (Å²) >= 11 is 0. The summed E-state index contributed by atoms with van der Waals surface area (Å²) in [6.45, 7) is 1.81. The van der Waals surface area contributed by atoms with Gasteiger partial charge < -0.3 is 14.6 Å². The van der Waals surface area contributed by atoms with Crippen molar-refractivity contribution in [2.75, 3.05) is 13.7 Å². The van der Waals surface area contributed by atoms with E-state index in [0.717, 1.165) is 0 Å². The molecule has 1 unspecified atom stereocenters. The third-order valence-corrected chi connectivity index (χ3v) is 3.89. The quantitative estimate of drug-likeness (QED) is 0.577. The lowest BCUT2D eigenvalue weighted by Gasteiger charge is -2.16. The summed E-state index contributed by atoms with van der Waals surface area (Å²) in [5.41, 5.74) is 0.885. The predicted octanol–water partition coefficient (Wildman–Crippen LogP) is 3.05. The number of rotatable bonds is 8. The Hall–Kier alpha value is -3.15. The highest BCUT2D eigenvalue weighted by Gasteiger charge is 2.28. The topological polar surface area (TPSA) is 89.9 Å². The van der Waals surface area contributed by atoms with Crippen LogP contribution in [0.4, 0.5) is 0 Å². The molecular weight excluding hydrogens is 336 g/mol. The zero-order chi connectivity index (χ0) is 19.1. The third kappa shape index (κ3) is 4.47. The van der Waals surface area contributed by atoms with Crippen LogP contribution < -0.4 is 4.74 Å². The number of carbonyl (C=O) groups excluding carboxylic acids is 2. The molecule has 1 N–H and O–H groups in total. The molecule has 0 saturated carbocycles. The van der Waals surface area contributed by atoms with Crippen LogP contribution in [0.25, 0.3) is 0 Å². The first kappa shape index (κ1) is 19.2. The Morgan fingerprint density at radius 2 is 1.81 bits per heavy atom. The maximum Gasteiger partial charge on any atom is 0.311 e. The van der Waals surface area contributed by atoms with Gasteiger partial charge in [0.05, 0.1) is 26.1 Å². The number of ketones is 1. The van der Waals surface area contributed by atoms with Crippen LogP contribution in [0.2, 0.25) is 0 Å². The molecule has 0 amide bonds. The fourth-order valence-corrected chi connectivity index (χ4v) is 2.64. The second-order valence-electron chi connectivity index (χ2n) is 5.55. The number of esters is 1. The smallest absolute Gasteiger partial charge is 0.311 e. The molecule has 136 valence electrons. The van der Waals surface area contributed by atoms with Crippen molar-refractivity contribution in [3.8, 4) is 5.75 Å². The molecule has 2 aromatic carbocycles. The normalized spacial score (nSPS) is 11.5. The number of hydrogen-bond donors (Lipinski definition) is 1. The first-order chi connectivity index (χ1) is 12.5. The molecular formula is C20H20O6. The molecule has 26 heavy (non-hydrogen) atoms. The Morgan fingerprint density at radius 1 is 1.08 bits per heavy atom. The van der Waals surface area contributed by atoms with Gasteiger partial charge in [-0.05, 0) is 24.6 Å². The van der Waals surface area contributed by atoms with Crippen LogP contribution in [0.15, 0.2) is 48.5 Å². The first-order valence-electron chi connectivity index (χ1n) is 8.14. The van der Waals surface area contributed by atoms with Gasteiger partial charge >= 0.3 is 11.9 Å². The lowest BCUT2D eigenvalue weighted by molar-refractivity contribution is -0.148. The summed E-state index contributed by atoms with van der Waals surface area (Å²) in [6.07, 6.45) is -0.342. The van der Waals surface area contributed by atoms with E-state index in [0.29, 0.717) is 11.3 Å². The second kappa shape index (κ2) is 8.80. The minimum Gasteiger partial charge on any atom is -0.497 e. The second-order valence-corrected chi connectivity index (χ2v) is 5.55. The van der Waals surface area contributed by atoms with Crippen LogP contribution >= 0.6 is 0 Å². The van der Waals surface area contributed by atoms with E-state index in [1.807, 2.05) is 0 Å². The molecule has 0 radical (unpaired) electrons.